The average molecular weight is 280 g/mol. The number of thiophene rings is 1. The topological polar surface area (TPSA) is 41.1 Å². The highest BCUT2D eigenvalue weighted by Gasteiger charge is 2.39. The molecule has 0 spiro atoms. The zero-order chi connectivity index (χ0) is 13.9. The molecule has 0 aromatic carbocycles. The van der Waals surface area contributed by atoms with E-state index in [1.54, 1.807) is 11.3 Å². The fourth-order valence-corrected chi connectivity index (χ4v) is 3.83. The predicted molar refractivity (Wildman–Crippen MR) is 80.5 cm³/mol. The zero-order valence-corrected chi connectivity index (χ0v) is 13.0. The SMILES string of the molecule is CCCC1(C(=O)NCc2cc(C)c(C)s2)CCNC1. The van der Waals surface area contributed by atoms with Crippen molar-refractivity contribution in [1.29, 1.82) is 0 Å². The molecule has 1 fully saturated rings. The van der Waals surface area contributed by atoms with Gasteiger partial charge in [0, 0.05) is 16.3 Å². The lowest BCUT2D eigenvalue weighted by Gasteiger charge is -2.26. The minimum Gasteiger partial charge on any atom is -0.351 e. The minimum absolute atomic E-state index is 0.171. The van der Waals surface area contributed by atoms with Crippen molar-refractivity contribution in [2.75, 3.05) is 13.1 Å². The lowest BCUT2D eigenvalue weighted by molar-refractivity contribution is -0.130. The van der Waals surface area contributed by atoms with Gasteiger partial charge < -0.3 is 10.6 Å². The third kappa shape index (κ3) is 3.18. The van der Waals surface area contributed by atoms with Crippen LogP contribution in [0, 0.1) is 19.3 Å². The van der Waals surface area contributed by atoms with Crippen LogP contribution in [0.3, 0.4) is 0 Å². The molecule has 1 aliphatic heterocycles. The summed E-state index contributed by atoms with van der Waals surface area (Å²) in [6, 6.07) is 2.18. The highest BCUT2D eigenvalue weighted by molar-refractivity contribution is 7.12. The first-order chi connectivity index (χ1) is 9.07. The largest absolute Gasteiger partial charge is 0.351 e. The first-order valence-corrected chi connectivity index (χ1v) is 7.94. The molecule has 1 atom stereocenters. The number of rotatable bonds is 5. The molecule has 1 unspecified atom stereocenters. The Morgan fingerprint density at radius 3 is 2.84 bits per heavy atom. The van der Waals surface area contributed by atoms with E-state index in [2.05, 4.69) is 37.5 Å². The molecule has 19 heavy (non-hydrogen) atoms. The fourth-order valence-electron chi connectivity index (χ4n) is 2.83. The van der Waals surface area contributed by atoms with E-state index < -0.39 is 0 Å². The van der Waals surface area contributed by atoms with Crippen LogP contribution in [0.15, 0.2) is 6.07 Å². The highest BCUT2D eigenvalue weighted by Crippen LogP contribution is 2.31. The van der Waals surface area contributed by atoms with Crippen molar-refractivity contribution >= 4 is 17.2 Å². The first-order valence-electron chi connectivity index (χ1n) is 7.12. The number of carbonyl (C=O) groups is 1. The second kappa shape index (κ2) is 6.06. The quantitative estimate of drug-likeness (QED) is 0.871. The summed E-state index contributed by atoms with van der Waals surface area (Å²) in [4.78, 5) is 15.1. The van der Waals surface area contributed by atoms with Crippen LogP contribution >= 0.6 is 11.3 Å². The fraction of sp³-hybridized carbons (Fsp3) is 0.667. The van der Waals surface area contributed by atoms with E-state index in [-0.39, 0.29) is 11.3 Å². The van der Waals surface area contributed by atoms with Gasteiger partial charge in [-0.05, 0) is 44.9 Å². The van der Waals surface area contributed by atoms with E-state index >= 15 is 0 Å². The summed E-state index contributed by atoms with van der Waals surface area (Å²) in [5.74, 6) is 0.225. The maximum atomic E-state index is 12.5. The minimum atomic E-state index is -0.171. The molecule has 3 nitrogen and oxygen atoms in total. The second-order valence-electron chi connectivity index (χ2n) is 5.59. The lowest BCUT2D eigenvalue weighted by atomic mass is 9.81. The van der Waals surface area contributed by atoms with Crippen LogP contribution in [0.25, 0.3) is 0 Å². The molecule has 1 aromatic rings. The van der Waals surface area contributed by atoms with Gasteiger partial charge in [-0.3, -0.25) is 4.79 Å². The summed E-state index contributed by atoms with van der Waals surface area (Å²) < 4.78 is 0. The third-order valence-corrected chi connectivity index (χ3v) is 5.25. The molecular formula is C15H24N2OS. The lowest BCUT2D eigenvalue weighted by Crippen LogP contribution is -2.42. The molecule has 1 saturated heterocycles. The molecule has 4 heteroatoms. The summed E-state index contributed by atoms with van der Waals surface area (Å²) >= 11 is 1.78. The number of aryl methyl sites for hydroxylation is 2. The molecule has 106 valence electrons. The molecule has 0 radical (unpaired) electrons. The number of hydrogen-bond acceptors (Lipinski definition) is 3. The van der Waals surface area contributed by atoms with Crippen LogP contribution in [0.4, 0.5) is 0 Å². The highest BCUT2D eigenvalue weighted by atomic mass is 32.1. The van der Waals surface area contributed by atoms with Gasteiger partial charge in [0.2, 0.25) is 5.91 Å². The van der Waals surface area contributed by atoms with Crippen LogP contribution < -0.4 is 10.6 Å². The van der Waals surface area contributed by atoms with E-state index in [0.29, 0.717) is 6.54 Å². The first kappa shape index (κ1) is 14.5. The van der Waals surface area contributed by atoms with Crippen molar-refractivity contribution in [3.05, 3.63) is 21.4 Å². The van der Waals surface area contributed by atoms with Gasteiger partial charge >= 0.3 is 0 Å². The van der Waals surface area contributed by atoms with Gasteiger partial charge in [0.05, 0.1) is 12.0 Å². The number of nitrogens with one attached hydrogen (secondary N) is 2. The van der Waals surface area contributed by atoms with Gasteiger partial charge in [-0.25, -0.2) is 0 Å². The second-order valence-corrected chi connectivity index (χ2v) is 6.93. The summed E-state index contributed by atoms with van der Waals surface area (Å²) in [5, 5.41) is 6.47. The summed E-state index contributed by atoms with van der Waals surface area (Å²) in [7, 11) is 0. The van der Waals surface area contributed by atoms with E-state index in [1.807, 2.05) is 0 Å². The van der Waals surface area contributed by atoms with Gasteiger partial charge in [0.15, 0.2) is 0 Å². The Bertz CT molecular complexity index is 427. The van der Waals surface area contributed by atoms with Crippen molar-refractivity contribution in [3.63, 3.8) is 0 Å². The molecule has 1 aromatic heterocycles. The summed E-state index contributed by atoms with van der Waals surface area (Å²) in [6.07, 6.45) is 3.01. The molecule has 0 aliphatic carbocycles. The number of amides is 1. The van der Waals surface area contributed by atoms with Gasteiger partial charge in [-0.2, -0.15) is 0 Å². The van der Waals surface area contributed by atoms with Crippen LogP contribution in [-0.4, -0.2) is 19.0 Å². The van der Waals surface area contributed by atoms with Crippen LogP contribution in [0.5, 0.6) is 0 Å². The standard InChI is InChI=1S/C15H24N2OS/c1-4-5-15(6-7-16-10-15)14(18)17-9-13-8-11(2)12(3)19-13/h8,16H,4-7,9-10H2,1-3H3,(H,17,18). The average Bonchev–Trinajstić information content (AvgIpc) is 2.96. The van der Waals surface area contributed by atoms with Crippen molar-refractivity contribution in [1.82, 2.24) is 10.6 Å². The van der Waals surface area contributed by atoms with Crippen LogP contribution in [0.2, 0.25) is 0 Å². The molecule has 2 N–H and O–H groups in total. The van der Waals surface area contributed by atoms with Crippen molar-refractivity contribution < 1.29 is 4.79 Å². The van der Waals surface area contributed by atoms with E-state index in [1.165, 1.54) is 15.3 Å². The van der Waals surface area contributed by atoms with Gasteiger partial charge in [-0.15, -0.1) is 11.3 Å². The Balaban J connectivity index is 1.96. The van der Waals surface area contributed by atoms with E-state index in [0.717, 1.165) is 32.4 Å². The maximum absolute atomic E-state index is 12.5. The van der Waals surface area contributed by atoms with Gasteiger partial charge in [0.1, 0.15) is 0 Å². The predicted octanol–water partition coefficient (Wildman–Crippen LogP) is 2.76. The Morgan fingerprint density at radius 1 is 1.53 bits per heavy atom. The monoisotopic (exact) mass is 280 g/mol. The van der Waals surface area contributed by atoms with E-state index in [9.17, 15) is 4.79 Å². The molecule has 2 rings (SSSR count). The smallest absolute Gasteiger partial charge is 0.227 e. The molecule has 1 aliphatic rings. The van der Waals surface area contributed by atoms with Gasteiger partial charge in [-0.1, -0.05) is 13.3 Å². The number of hydrogen-bond donors (Lipinski definition) is 2. The Kier molecular flexibility index (Phi) is 4.63. The molecular weight excluding hydrogens is 256 g/mol. The number of carbonyl (C=O) groups excluding carboxylic acids is 1. The Labute approximate surface area is 119 Å². The van der Waals surface area contributed by atoms with Crippen molar-refractivity contribution in [3.8, 4) is 0 Å². The van der Waals surface area contributed by atoms with Crippen molar-refractivity contribution in [2.45, 2.75) is 46.6 Å². The molecule has 1 amide bonds. The Hall–Kier alpha value is -0.870. The molecule has 0 bridgehead atoms. The summed E-state index contributed by atoms with van der Waals surface area (Å²) in [6.45, 7) is 8.87. The van der Waals surface area contributed by atoms with E-state index in [4.69, 9.17) is 0 Å². The van der Waals surface area contributed by atoms with Crippen LogP contribution in [-0.2, 0) is 11.3 Å². The maximum Gasteiger partial charge on any atom is 0.227 e. The van der Waals surface area contributed by atoms with Crippen molar-refractivity contribution in [2.24, 2.45) is 5.41 Å². The third-order valence-electron chi connectivity index (χ3n) is 4.09. The van der Waals surface area contributed by atoms with Gasteiger partial charge in [0.25, 0.3) is 0 Å². The molecule has 2 heterocycles. The van der Waals surface area contributed by atoms with Crippen LogP contribution in [0.1, 0.15) is 41.5 Å². The zero-order valence-electron chi connectivity index (χ0n) is 12.1. The Morgan fingerprint density at radius 2 is 2.32 bits per heavy atom. The molecule has 0 saturated carbocycles. The summed E-state index contributed by atoms with van der Waals surface area (Å²) in [5.41, 5.74) is 1.15. The normalized spacial score (nSPS) is 22.7.